The number of likely N-dealkylation sites (tertiary alicyclic amines) is 1. The number of methoxy groups -OCH3 is 2. The van der Waals surface area contributed by atoms with Crippen molar-refractivity contribution in [2.24, 2.45) is 5.92 Å². The van der Waals surface area contributed by atoms with Crippen molar-refractivity contribution in [3.05, 3.63) is 29.8 Å². The summed E-state index contributed by atoms with van der Waals surface area (Å²) < 4.78 is 10.2. The molecule has 23 heavy (non-hydrogen) atoms. The molecule has 1 aliphatic heterocycles. The molecule has 1 aromatic rings. The number of piperidine rings is 1. The standard InChI is InChI=1S/C18H28N2O3/c1-22-12-11-20-9-7-16(8-10-20)14-19-18(21)13-15-3-5-17(23-2)6-4-15/h3-6,16H,7-14H2,1-2H3,(H,19,21). The van der Waals surface area contributed by atoms with E-state index in [-0.39, 0.29) is 5.91 Å². The van der Waals surface area contributed by atoms with E-state index in [1.807, 2.05) is 24.3 Å². The van der Waals surface area contributed by atoms with Crippen LogP contribution in [0.5, 0.6) is 5.75 Å². The van der Waals surface area contributed by atoms with Crippen molar-refractivity contribution in [2.75, 3.05) is 47.0 Å². The third kappa shape index (κ3) is 6.20. The van der Waals surface area contributed by atoms with Crippen molar-refractivity contribution in [1.82, 2.24) is 10.2 Å². The lowest BCUT2D eigenvalue weighted by Gasteiger charge is -2.31. The molecule has 0 unspecified atom stereocenters. The van der Waals surface area contributed by atoms with E-state index in [0.717, 1.165) is 56.9 Å². The summed E-state index contributed by atoms with van der Waals surface area (Å²) in [4.78, 5) is 14.5. The summed E-state index contributed by atoms with van der Waals surface area (Å²) in [5, 5.41) is 3.07. The highest BCUT2D eigenvalue weighted by molar-refractivity contribution is 5.78. The smallest absolute Gasteiger partial charge is 0.224 e. The topological polar surface area (TPSA) is 50.8 Å². The lowest BCUT2D eigenvalue weighted by Crippen LogP contribution is -2.40. The summed E-state index contributed by atoms with van der Waals surface area (Å²) in [7, 11) is 3.38. The van der Waals surface area contributed by atoms with Crippen LogP contribution < -0.4 is 10.1 Å². The molecule has 0 bridgehead atoms. The first-order chi connectivity index (χ1) is 11.2. The van der Waals surface area contributed by atoms with Gasteiger partial charge in [-0.15, -0.1) is 0 Å². The number of carbonyl (C=O) groups is 1. The minimum atomic E-state index is 0.0944. The Labute approximate surface area is 139 Å². The number of hydrogen-bond donors (Lipinski definition) is 1. The Morgan fingerprint density at radius 2 is 1.91 bits per heavy atom. The van der Waals surface area contributed by atoms with E-state index >= 15 is 0 Å². The molecule has 1 aliphatic rings. The second-order valence-corrected chi connectivity index (χ2v) is 6.11. The van der Waals surface area contributed by atoms with E-state index in [4.69, 9.17) is 9.47 Å². The first kappa shape index (κ1) is 17.8. The summed E-state index contributed by atoms with van der Waals surface area (Å²) in [6.07, 6.45) is 2.72. The molecule has 128 valence electrons. The van der Waals surface area contributed by atoms with Gasteiger partial charge in [-0.3, -0.25) is 4.79 Å². The summed E-state index contributed by atoms with van der Waals surface area (Å²) in [6.45, 7) is 4.79. The van der Waals surface area contributed by atoms with Crippen LogP contribution >= 0.6 is 0 Å². The first-order valence-corrected chi connectivity index (χ1v) is 8.32. The van der Waals surface area contributed by atoms with Crippen molar-refractivity contribution in [1.29, 1.82) is 0 Å². The number of nitrogens with one attached hydrogen (secondary N) is 1. The Balaban J connectivity index is 1.64. The number of rotatable bonds is 8. The predicted octanol–water partition coefficient (Wildman–Crippen LogP) is 1.71. The molecule has 0 atom stereocenters. The van der Waals surface area contributed by atoms with Crippen molar-refractivity contribution in [3.8, 4) is 5.75 Å². The fraction of sp³-hybridized carbons (Fsp3) is 0.611. The number of hydrogen-bond acceptors (Lipinski definition) is 4. The molecule has 0 radical (unpaired) electrons. The molecule has 0 aliphatic carbocycles. The summed E-state index contributed by atoms with van der Waals surface area (Å²) in [5.41, 5.74) is 1.01. The van der Waals surface area contributed by atoms with Gasteiger partial charge in [-0.25, -0.2) is 0 Å². The van der Waals surface area contributed by atoms with E-state index < -0.39 is 0 Å². The normalized spacial score (nSPS) is 16.3. The van der Waals surface area contributed by atoms with Gasteiger partial charge in [0.2, 0.25) is 5.91 Å². The number of amides is 1. The fourth-order valence-corrected chi connectivity index (χ4v) is 2.88. The second kappa shape index (κ2) is 9.53. The first-order valence-electron chi connectivity index (χ1n) is 8.32. The highest BCUT2D eigenvalue weighted by Crippen LogP contribution is 2.16. The van der Waals surface area contributed by atoms with E-state index in [2.05, 4.69) is 10.2 Å². The Morgan fingerprint density at radius 3 is 2.52 bits per heavy atom. The number of nitrogens with zero attached hydrogens (tertiary/aromatic N) is 1. The monoisotopic (exact) mass is 320 g/mol. The van der Waals surface area contributed by atoms with Gasteiger partial charge in [0.05, 0.1) is 20.1 Å². The Morgan fingerprint density at radius 1 is 1.22 bits per heavy atom. The van der Waals surface area contributed by atoms with E-state index in [9.17, 15) is 4.79 Å². The zero-order valence-corrected chi connectivity index (χ0v) is 14.2. The molecule has 2 rings (SSSR count). The number of carbonyl (C=O) groups excluding carboxylic acids is 1. The molecule has 0 aromatic heterocycles. The molecular weight excluding hydrogens is 292 g/mol. The molecule has 1 N–H and O–H groups in total. The molecule has 1 amide bonds. The minimum Gasteiger partial charge on any atom is -0.497 e. The largest absolute Gasteiger partial charge is 0.497 e. The van der Waals surface area contributed by atoms with Gasteiger partial charge in [-0.2, -0.15) is 0 Å². The van der Waals surface area contributed by atoms with E-state index in [1.54, 1.807) is 14.2 Å². The van der Waals surface area contributed by atoms with Gasteiger partial charge in [0, 0.05) is 20.2 Å². The van der Waals surface area contributed by atoms with Gasteiger partial charge in [0.1, 0.15) is 5.75 Å². The molecule has 0 spiro atoms. The molecule has 1 aromatic carbocycles. The van der Waals surface area contributed by atoms with E-state index in [0.29, 0.717) is 12.3 Å². The lowest BCUT2D eigenvalue weighted by molar-refractivity contribution is -0.120. The summed E-state index contributed by atoms with van der Waals surface area (Å²) in [6, 6.07) is 7.65. The van der Waals surface area contributed by atoms with Crippen LogP contribution in [-0.4, -0.2) is 57.8 Å². The Hall–Kier alpha value is -1.59. The lowest BCUT2D eigenvalue weighted by atomic mass is 9.96. The van der Waals surface area contributed by atoms with Crippen LogP contribution in [0.15, 0.2) is 24.3 Å². The van der Waals surface area contributed by atoms with Gasteiger partial charge in [-0.05, 0) is 49.5 Å². The summed E-state index contributed by atoms with van der Waals surface area (Å²) >= 11 is 0. The SMILES string of the molecule is COCCN1CCC(CNC(=O)Cc2ccc(OC)cc2)CC1. The predicted molar refractivity (Wildman–Crippen MR) is 90.7 cm³/mol. The highest BCUT2D eigenvalue weighted by Gasteiger charge is 2.19. The van der Waals surface area contributed by atoms with Crippen molar-refractivity contribution in [2.45, 2.75) is 19.3 Å². The molecule has 1 heterocycles. The van der Waals surface area contributed by atoms with Crippen molar-refractivity contribution < 1.29 is 14.3 Å². The zero-order chi connectivity index (χ0) is 16.5. The van der Waals surface area contributed by atoms with Gasteiger partial charge < -0.3 is 19.7 Å². The minimum absolute atomic E-state index is 0.0944. The second-order valence-electron chi connectivity index (χ2n) is 6.11. The van der Waals surface area contributed by atoms with Crippen LogP contribution in [0, 0.1) is 5.92 Å². The quantitative estimate of drug-likeness (QED) is 0.792. The van der Waals surface area contributed by atoms with Crippen LogP contribution in [0.4, 0.5) is 0 Å². The van der Waals surface area contributed by atoms with Gasteiger partial charge in [0.15, 0.2) is 0 Å². The maximum absolute atomic E-state index is 12.0. The molecule has 5 nitrogen and oxygen atoms in total. The Bertz CT molecular complexity index is 468. The molecule has 1 fully saturated rings. The summed E-state index contributed by atoms with van der Waals surface area (Å²) in [5.74, 6) is 1.50. The number of ether oxygens (including phenoxy) is 2. The molecule has 0 saturated carbocycles. The maximum Gasteiger partial charge on any atom is 0.224 e. The van der Waals surface area contributed by atoms with Crippen LogP contribution in [0.3, 0.4) is 0 Å². The van der Waals surface area contributed by atoms with Gasteiger partial charge in [-0.1, -0.05) is 12.1 Å². The highest BCUT2D eigenvalue weighted by atomic mass is 16.5. The van der Waals surface area contributed by atoms with Crippen LogP contribution in [-0.2, 0) is 16.0 Å². The molecule has 5 heteroatoms. The average Bonchev–Trinajstić information content (AvgIpc) is 2.59. The molecule has 1 saturated heterocycles. The Kier molecular flexibility index (Phi) is 7.36. The maximum atomic E-state index is 12.0. The zero-order valence-electron chi connectivity index (χ0n) is 14.2. The van der Waals surface area contributed by atoms with Crippen LogP contribution in [0.25, 0.3) is 0 Å². The number of benzene rings is 1. The average molecular weight is 320 g/mol. The molecular formula is C18H28N2O3. The van der Waals surface area contributed by atoms with Crippen LogP contribution in [0.2, 0.25) is 0 Å². The fourth-order valence-electron chi connectivity index (χ4n) is 2.88. The van der Waals surface area contributed by atoms with Gasteiger partial charge >= 0.3 is 0 Å². The van der Waals surface area contributed by atoms with Crippen molar-refractivity contribution >= 4 is 5.91 Å². The van der Waals surface area contributed by atoms with E-state index in [1.165, 1.54) is 0 Å². The van der Waals surface area contributed by atoms with Crippen molar-refractivity contribution in [3.63, 3.8) is 0 Å². The van der Waals surface area contributed by atoms with Gasteiger partial charge in [0.25, 0.3) is 0 Å². The third-order valence-electron chi connectivity index (χ3n) is 4.43. The van der Waals surface area contributed by atoms with Crippen LogP contribution in [0.1, 0.15) is 18.4 Å². The third-order valence-corrected chi connectivity index (χ3v) is 4.43.